The average molecular weight is 324 g/mol. The van der Waals surface area contributed by atoms with Gasteiger partial charge in [-0.15, -0.1) is 0 Å². The molecule has 1 aliphatic carbocycles. The SMILES string of the molecule is COC(=O)c1ccc(C(=O)OC)c2c1C(=O)c1ccccc1C2=O. The van der Waals surface area contributed by atoms with Gasteiger partial charge in [-0.3, -0.25) is 9.59 Å². The average Bonchev–Trinajstić information content (AvgIpc) is 2.63. The number of ether oxygens (including phenoxy) is 2. The van der Waals surface area contributed by atoms with Crippen molar-refractivity contribution >= 4 is 23.5 Å². The number of hydrogen-bond donors (Lipinski definition) is 0. The molecule has 0 N–H and O–H groups in total. The normalized spacial score (nSPS) is 12.2. The molecule has 0 fully saturated rings. The van der Waals surface area contributed by atoms with Gasteiger partial charge in [-0.2, -0.15) is 0 Å². The quantitative estimate of drug-likeness (QED) is 0.670. The molecule has 24 heavy (non-hydrogen) atoms. The summed E-state index contributed by atoms with van der Waals surface area (Å²) < 4.78 is 9.36. The summed E-state index contributed by atoms with van der Waals surface area (Å²) >= 11 is 0. The van der Waals surface area contributed by atoms with E-state index in [0.717, 1.165) is 0 Å². The third-order valence-corrected chi connectivity index (χ3v) is 3.89. The van der Waals surface area contributed by atoms with E-state index < -0.39 is 23.5 Å². The fraction of sp³-hybridized carbons (Fsp3) is 0.111. The van der Waals surface area contributed by atoms with Crippen molar-refractivity contribution in [3.8, 4) is 0 Å². The lowest BCUT2D eigenvalue weighted by atomic mass is 9.79. The topological polar surface area (TPSA) is 86.7 Å². The second kappa shape index (κ2) is 5.73. The molecule has 0 amide bonds. The Bertz CT molecular complexity index is 836. The molecule has 0 saturated carbocycles. The van der Waals surface area contributed by atoms with Gasteiger partial charge in [0.15, 0.2) is 11.6 Å². The summed E-state index contributed by atoms with van der Waals surface area (Å²) in [5.41, 5.74) is -0.0211. The molecule has 120 valence electrons. The van der Waals surface area contributed by atoms with Gasteiger partial charge in [-0.25, -0.2) is 9.59 Å². The molecular weight excluding hydrogens is 312 g/mol. The molecule has 3 rings (SSSR count). The Labute approximate surface area is 137 Å². The Balaban J connectivity index is 2.39. The molecule has 0 atom stereocenters. The number of rotatable bonds is 2. The standard InChI is InChI=1S/C18H12O6/c1-23-17(21)11-7-8-12(18(22)24-2)14-13(11)15(19)9-5-3-4-6-10(9)16(14)20/h3-8H,1-2H3. The predicted molar refractivity (Wildman–Crippen MR) is 82.4 cm³/mol. The molecule has 0 radical (unpaired) electrons. The van der Waals surface area contributed by atoms with Crippen molar-refractivity contribution in [2.45, 2.75) is 0 Å². The molecule has 0 spiro atoms. The first-order chi connectivity index (χ1) is 11.5. The summed E-state index contributed by atoms with van der Waals surface area (Å²) in [7, 11) is 2.35. The van der Waals surface area contributed by atoms with E-state index in [0.29, 0.717) is 0 Å². The van der Waals surface area contributed by atoms with Gasteiger partial charge in [0, 0.05) is 22.3 Å². The molecule has 1 aliphatic rings. The van der Waals surface area contributed by atoms with Gasteiger partial charge >= 0.3 is 11.9 Å². The van der Waals surface area contributed by atoms with E-state index in [2.05, 4.69) is 9.47 Å². The highest BCUT2D eigenvalue weighted by Crippen LogP contribution is 2.32. The zero-order valence-corrected chi connectivity index (χ0v) is 12.9. The number of hydrogen-bond acceptors (Lipinski definition) is 6. The predicted octanol–water partition coefficient (Wildman–Crippen LogP) is 2.04. The Kier molecular flexibility index (Phi) is 3.73. The van der Waals surface area contributed by atoms with E-state index in [4.69, 9.17) is 0 Å². The molecule has 0 saturated heterocycles. The lowest BCUT2D eigenvalue weighted by molar-refractivity contribution is 0.0583. The summed E-state index contributed by atoms with van der Waals surface area (Å²) in [5, 5.41) is 0. The minimum absolute atomic E-state index is 0.0620. The fourth-order valence-electron chi connectivity index (χ4n) is 2.78. The van der Waals surface area contributed by atoms with Gasteiger partial charge in [-0.1, -0.05) is 24.3 Å². The van der Waals surface area contributed by atoms with Gasteiger partial charge in [0.25, 0.3) is 0 Å². The van der Waals surface area contributed by atoms with E-state index in [9.17, 15) is 19.2 Å². The van der Waals surface area contributed by atoms with Crippen LogP contribution >= 0.6 is 0 Å². The first kappa shape index (κ1) is 15.6. The summed E-state index contributed by atoms with van der Waals surface area (Å²) in [6, 6.07) is 8.83. The molecule has 2 aromatic carbocycles. The highest BCUT2D eigenvalue weighted by atomic mass is 16.5. The third kappa shape index (κ3) is 2.11. The zero-order chi connectivity index (χ0) is 17.4. The lowest BCUT2D eigenvalue weighted by Gasteiger charge is -2.21. The maximum Gasteiger partial charge on any atom is 0.338 e. The van der Waals surface area contributed by atoms with Crippen molar-refractivity contribution in [3.63, 3.8) is 0 Å². The lowest BCUT2D eigenvalue weighted by Crippen LogP contribution is -2.27. The van der Waals surface area contributed by atoms with E-state index in [-0.39, 0.29) is 33.4 Å². The molecule has 0 aromatic heterocycles. The van der Waals surface area contributed by atoms with Crippen LogP contribution in [0.15, 0.2) is 36.4 Å². The Morgan fingerprint density at radius 1 is 0.708 bits per heavy atom. The molecular formula is C18H12O6. The molecule has 0 heterocycles. The monoisotopic (exact) mass is 324 g/mol. The first-order valence-electron chi connectivity index (χ1n) is 7.03. The highest BCUT2D eigenvalue weighted by molar-refractivity contribution is 6.32. The number of fused-ring (bicyclic) bond motifs is 2. The van der Waals surface area contributed by atoms with Gasteiger partial charge < -0.3 is 9.47 Å². The largest absolute Gasteiger partial charge is 0.465 e. The van der Waals surface area contributed by atoms with Crippen molar-refractivity contribution in [1.29, 1.82) is 0 Å². The van der Waals surface area contributed by atoms with Gasteiger partial charge in [0.05, 0.1) is 25.3 Å². The number of benzene rings is 2. The van der Waals surface area contributed by atoms with Crippen LogP contribution in [0.3, 0.4) is 0 Å². The van der Waals surface area contributed by atoms with Crippen molar-refractivity contribution in [1.82, 2.24) is 0 Å². The minimum Gasteiger partial charge on any atom is -0.465 e. The zero-order valence-electron chi connectivity index (χ0n) is 12.9. The van der Waals surface area contributed by atoms with Crippen LogP contribution < -0.4 is 0 Å². The number of carbonyl (C=O) groups is 4. The number of ketones is 2. The van der Waals surface area contributed by atoms with Gasteiger partial charge in [0.1, 0.15) is 0 Å². The van der Waals surface area contributed by atoms with E-state index in [1.807, 2.05) is 0 Å². The number of methoxy groups -OCH3 is 2. The van der Waals surface area contributed by atoms with Crippen molar-refractivity contribution in [2.75, 3.05) is 14.2 Å². The van der Waals surface area contributed by atoms with Crippen LogP contribution in [0, 0.1) is 0 Å². The van der Waals surface area contributed by atoms with E-state index in [1.54, 1.807) is 12.1 Å². The molecule has 0 bridgehead atoms. The number of carbonyl (C=O) groups excluding carboxylic acids is 4. The second-order valence-electron chi connectivity index (χ2n) is 5.10. The van der Waals surface area contributed by atoms with Crippen LogP contribution in [0.1, 0.15) is 52.6 Å². The summed E-state index contributed by atoms with van der Waals surface area (Å²) in [4.78, 5) is 49.7. The third-order valence-electron chi connectivity index (χ3n) is 3.89. The molecule has 6 heteroatoms. The Morgan fingerprint density at radius 3 is 1.42 bits per heavy atom. The fourth-order valence-corrected chi connectivity index (χ4v) is 2.78. The van der Waals surface area contributed by atoms with Crippen LogP contribution in [0.25, 0.3) is 0 Å². The number of esters is 2. The smallest absolute Gasteiger partial charge is 0.338 e. The Hall–Kier alpha value is -3.28. The summed E-state index contributed by atoms with van der Waals surface area (Å²) in [6.07, 6.45) is 0. The second-order valence-corrected chi connectivity index (χ2v) is 5.10. The van der Waals surface area contributed by atoms with Crippen LogP contribution in [-0.2, 0) is 9.47 Å². The maximum absolute atomic E-state index is 12.8. The van der Waals surface area contributed by atoms with Crippen LogP contribution in [0.2, 0.25) is 0 Å². The maximum atomic E-state index is 12.8. The van der Waals surface area contributed by atoms with Crippen molar-refractivity contribution in [2.24, 2.45) is 0 Å². The molecule has 0 unspecified atom stereocenters. The summed E-state index contributed by atoms with van der Waals surface area (Å²) in [5.74, 6) is -2.54. The highest BCUT2D eigenvalue weighted by Gasteiger charge is 2.36. The van der Waals surface area contributed by atoms with Crippen LogP contribution in [-0.4, -0.2) is 37.7 Å². The summed E-state index contributed by atoms with van der Waals surface area (Å²) in [6.45, 7) is 0. The molecule has 2 aromatic rings. The van der Waals surface area contributed by atoms with Gasteiger partial charge in [-0.05, 0) is 12.1 Å². The van der Waals surface area contributed by atoms with Crippen molar-refractivity contribution in [3.05, 3.63) is 69.8 Å². The van der Waals surface area contributed by atoms with E-state index >= 15 is 0 Å². The Morgan fingerprint density at radius 2 is 1.08 bits per heavy atom. The van der Waals surface area contributed by atoms with E-state index in [1.165, 1.54) is 38.5 Å². The van der Waals surface area contributed by atoms with Crippen LogP contribution in [0.5, 0.6) is 0 Å². The van der Waals surface area contributed by atoms with Gasteiger partial charge in [0.2, 0.25) is 0 Å². The minimum atomic E-state index is -0.761. The first-order valence-corrected chi connectivity index (χ1v) is 7.03. The molecule has 0 aliphatic heterocycles. The molecule has 6 nitrogen and oxygen atoms in total. The van der Waals surface area contributed by atoms with Crippen LogP contribution in [0.4, 0.5) is 0 Å². The van der Waals surface area contributed by atoms with Crippen molar-refractivity contribution < 1.29 is 28.7 Å².